The van der Waals surface area contributed by atoms with Crippen molar-refractivity contribution in [1.82, 2.24) is 5.32 Å². The van der Waals surface area contributed by atoms with Gasteiger partial charge in [0, 0.05) is 6.54 Å². The Kier molecular flexibility index (Phi) is 5.61. The molecule has 1 rings (SSSR count). The number of carbonyl (C=O) groups excluding carboxylic acids is 1. The van der Waals surface area contributed by atoms with Gasteiger partial charge >= 0.3 is 12.0 Å². The van der Waals surface area contributed by atoms with Gasteiger partial charge in [0.05, 0.1) is 16.3 Å². The summed E-state index contributed by atoms with van der Waals surface area (Å²) in [5, 5.41) is 14.5. The maximum absolute atomic E-state index is 11.8. The molecule has 0 aliphatic heterocycles. The zero-order valence-corrected chi connectivity index (χ0v) is 13.4. The monoisotopic (exact) mass is 312 g/mol. The van der Waals surface area contributed by atoms with Crippen LogP contribution in [0.3, 0.4) is 0 Å². The lowest BCUT2D eigenvalue weighted by Crippen LogP contribution is -2.36. The first-order valence-electron chi connectivity index (χ1n) is 6.69. The van der Waals surface area contributed by atoms with Gasteiger partial charge in [-0.25, -0.2) is 9.59 Å². The molecule has 2 amide bonds. The molecule has 1 aromatic carbocycles. The Bertz CT molecular complexity index is 538. The summed E-state index contributed by atoms with van der Waals surface area (Å²) in [6.45, 7) is 8.88. The molecule has 6 heteroatoms. The largest absolute Gasteiger partial charge is 0.478 e. The Balaban J connectivity index is 2.67. The van der Waals surface area contributed by atoms with Crippen LogP contribution in [0.1, 0.15) is 38.1 Å². The highest BCUT2D eigenvalue weighted by Gasteiger charge is 2.20. The fourth-order valence-electron chi connectivity index (χ4n) is 1.47. The van der Waals surface area contributed by atoms with E-state index >= 15 is 0 Å². The van der Waals surface area contributed by atoms with Crippen LogP contribution in [0.5, 0.6) is 0 Å². The van der Waals surface area contributed by atoms with Crippen LogP contribution in [-0.2, 0) is 0 Å². The molecule has 5 nitrogen and oxygen atoms in total. The molecular weight excluding hydrogens is 292 g/mol. The Morgan fingerprint density at radius 1 is 1.33 bits per heavy atom. The minimum Gasteiger partial charge on any atom is -0.478 e. The number of amides is 2. The van der Waals surface area contributed by atoms with Crippen LogP contribution in [0.15, 0.2) is 18.2 Å². The Labute approximate surface area is 129 Å². The number of halogens is 1. The average Bonchev–Trinajstić information content (AvgIpc) is 2.37. The van der Waals surface area contributed by atoms with Gasteiger partial charge < -0.3 is 15.7 Å². The van der Waals surface area contributed by atoms with Gasteiger partial charge in [-0.2, -0.15) is 0 Å². The van der Waals surface area contributed by atoms with Gasteiger partial charge in [-0.05, 0) is 29.5 Å². The van der Waals surface area contributed by atoms with E-state index in [1.165, 1.54) is 18.2 Å². The van der Waals surface area contributed by atoms with Crippen LogP contribution in [0.2, 0.25) is 5.02 Å². The van der Waals surface area contributed by atoms with Crippen molar-refractivity contribution in [2.75, 3.05) is 11.9 Å². The molecule has 0 bridgehead atoms. The molecule has 1 unspecified atom stereocenters. The second-order valence-electron chi connectivity index (χ2n) is 6.10. The first kappa shape index (κ1) is 17.3. The molecule has 0 spiro atoms. The lowest BCUT2D eigenvalue weighted by Gasteiger charge is -2.27. The Morgan fingerprint density at radius 2 is 1.95 bits per heavy atom. The smallest absolute Gasteiger partial charge is 0.335 e. The molecule has 1 aromatic rings. The van der Waals surface area contributed by atoms with E-state index in [0.29, 0.717) is 17.5 Å². The summed E-state index contributed by atoms with van der Waals surface area (Å²) >= 11 is 5.94. The quantitative estimate of drug-likeness (QED) is 0.790. The minimum absolute atomic E-state index is 0.0674. The second-order valence-corrected chi connectivity index (χ2v) is 6.51. The van der Waals surface area contributed by atoms with Crippen LogP contribution in [0.4, 0.5) is 10.5 Å². The zero-order valence-electron chi connectivity index (χ0n) is 12.7. The summed E-state index contributed by atoms with van der Waals surface area (Å²) in [6.07, 6.45) is 0. The van der Waals surface area contributed by atoms with Crippen molar-refractivity contribution in [2.45, 2.75) is 27.7 Å². The highest BCUT2D eigenvalue weighted by atomic mass is 35.5. The summed E-state index contributed by atoms with van der Waals surface area (Å²) in [5.41, 5.74) is 0.434. The van der Waals surface area contributed by atoms with Crippen LogP contribution < -0.4 is 10.6 Å². The molecule has 0 heterocycles. The summed E-state index contributed by atoms with van der Waals surface area (Å²) in [5.74, 6) is -0.777. The minimum atomic E-state index is -1.07. The summed E-state index contributed by atoms with van der Waals surface area (Å²) in [4.78, 5) is 22.8. The Morgan fingerprint density at radius 3 is 2.48 bits per heavy atom. The number of carboxylic acids is 1. The van der Waals surface area contributed by atoms with Crippen molar-refractivity contribution in [3.8, 4) is 0 Å². The van der Waals surface area contributed by atoms with Gasteiger partial charge in [0.15, 0.2) is 0 Å². The van der Waals surface area contributed by atoms with Crippen LogP contribution in [0.25, 0.3) is 0 Å². The van der Waals surface area contributed by atoms with E-state index in [1.54, 1.807) is 0 Å². The zero-order chi connectivity index (χ0) is 16.2. The maximum atomic E-state index is 11.8. The number of rotatable bonds is 4. The van der Waals surface area contributed by atoms with E-state index in [4.69, 9.17) is 16.7 Å². The third-order valence-electron chi connectivity index (χ3n) is 3.51. The number of carboxylic acid groups (broad SMARTS) is 1. The maximum Gasteiger partial charge on any atom is 0.335 e. The molecule has 0 aliphatic rings. The van der Waals surface area contributed by atoms with E-state index < -0.39 is 12.0 Å². The van der Waals surface area contributed by atoms with E-state index in [9.17, 15) is 9.59 Å². The topological polar surface area (TPSA) is 78.4 Å². The molecule has 0 saturated heterocycles. The third-order valence-corrected chi connectivity index (χ3v) is 3.84. The van der Waals surface area contributed by atoms with Crippen molar-refractivity contribution in [3.63, 3.8) is 0 Å². The molecule has 0 aromatic heterocycles. The number of urea groups is 1. The molecule has 21 heavy (non-hydrogen) atoms. The molecular formula is C15H21ClN2O3. The summed E-state index contributed by atoms with van der Waals surface area (Å²) in [7, 11) is 0. The highest BCUT2D eigenvalue weighted by molar-refractivity contribution is 6.33. The average molecular weight is 313 g/mol. The molecule has 116 valence electrons. The van der Waals surface area contributed by atoms with E-state index in [-0.39, 0.29) is 16.7 Å². The van der Waals surface area contributed by atoms with Crippen molar-refractivity contribution >= 4 is 29.3 Å². The summed E-state index contributed by atoms with van der Waals surface area (Å²) < 4.78 is 0. The van der Waals surface area contributed by atoms with Gasteiger partial charge in [-0.15, -0.1) is 0 Å². The van der Waals surface area contributed by atoms with Gasteiger partial charge in [0.2, 0.25) is 0 Å². The lowest BCUT2D eigenvalue weighted by molar-refractivity contribution is 0.0697. The molecule has 0 fully saturated rings. The number of carbonyl (C=O) groups is 2. The normalized spacial score (nSPS) is 12.6. The molecule has 1 atom stereocenters. The summed E-state index contributed by atoms with van der Waals surface area (Å²) in [6, 6.07) is 3.75. The molecule has 0 saturated carbocycles. The van der Waals surface area contributed by atoms with E-state index in [2.05, 4.69) is 38.3 Å². The predicted octanol–water partition coefficient (Wildman–Crippen LogP) is 3.84. The lowest BCUT2D eigenvalue weighted by atomic mass is 9.82. The first-order chi connectivity index (χ1) is 9.61. The van der Waals surface area contributed by atoms with Crippen LogP contribution in [-0.4, -0.2) is 23.7 Å². The van der Waals surface area contributed by atoms with E-state index in [0.717, 1.165) is 0 Å². The van der Waals surface area contributed by atoms with Gasteiger partial charge in [0.1, 0.15) is 0 Å². The van der Waals surface area contributed by atoms with E-state index in [1.807, 2.05) is 0 Å². The first-order valence-corrected chi connectivity index (χ1v) is 7.06. The highest BCUT2D eigenvalue weighted by Crippen LogP contribution is 2.25. The van der Waals surface area contributed by atoms with Crippen molar-refractivity contribution in [2.24, 2.45) is 11.3 Å². The Hall–Kier alpha value is -1.75. The number of hydrogen-bond donors (Lipinski definition) is 3. The number of aromatic carboxylic acids is 1. The molecule has 0 radical (unpaired) electrons. The van der Waals surface area contributed by atoms with Crippen LogP contribution >= 0.6 is 11.6 Å². The standard InChI is InChI=1S/C15H21ClN2O3/c1-9(15(2,3)4)8-17-14(21)18-12-7-10(13(19)20)5-6-11(12)16/h5-7,9H,8H2,1-4H3,(H,19,20)(H2,17,18,21). The van der Waals surface area contributed by atoms with Crippen molar-refractivity contribution in [1.29, 1.82) is 0 Å². The number of hydrogen-bond acceptors (Lipinski definition) is 2. The molecule has 0 aliphatic carbocycles. The molecule has 3 N–H and O–H groups in total. The fraction of sp³-hybridized carbons (Fsp3) is 0.467. The predicted molar refractivity (Wildman–Crippen MR) is 84.1 cm³/mol. The number of benzene rings is 1. The van der Waals surface area contributed by atoms with Gasteiger partial charge in [-0.3, -0.25) is 0 Å². The fourth-order valence-corrected chi connectivity index (χ4v) is 1.64. The van der Waals surface area contributed by atoms with Crippen molar-refractivity contribution < 1.29 is 14.7 Å². The van der Waals surface area contributed by atoms with Gasteiger partial charge in [0.25, 0.3) is 0 Å². The second kappa shape index (κ2) is 6.80. The SMILES string of the molecule is CC(CNC(=O)Nc1cc(C(=O)O)ccc1Cl)C(C)(C)C. The van der Waals surface area contributed by atoms with Gasteiger partial charge in [-0.1, -0.05) is 39.3 Å². The van der Waals surface area contributed by atoms with Crippen molar-refractivity contribution in [3.05, 3.63) is 28.8 Å². The van der Waals surface area contributed by atoms with Crippen LogP contribution in [0, 0.1) is 11.3 Å². The number of nitrogens with one attached hydrogen (secondary N) is 2. The number of anilines is 1. The third kappa shape index (κ3) is 5.27.